The van der Waals surface area contributed by atoms with Crippen molar-refractivity contribution in [3.63, 3.8) is 0 Å². The number of aromatic amines is 1. The van der Waals surface area contributed by atoms with Crippen molar-refractivity contribution >= 4 is 57.1 Å². The molecule has 0 aliphatic carbocycles. The van der Waals surface area contributed by atoms with Gasteiger partial charge in [0.15, 0.2) is 5.16 Å². The minimum Gasteiger partial charge on any atom is -0.478 e. The Kier molecular flexibility index (Phi) is 5.40. The summed E-state index contributed by atoms with van der Waals surface area (Å²) in [5.41, 5.74) is 8.32. The highest BCUT2D eigenvalue weighted by Crippen LogP contribution is 2.38. The number of nitrogens with two attached hydrogens (primary N) is 1. The van der Waals surface area contributed by atoms with Crippen LogP contribution in [0.4, 0.5) is 5.82 Å². The molecule has 5 rings (SSSR count). The van der Waals surface area contributed by atoms with Crippen LogP contribution in [0.5, 0.6) is 0 Å². The molecule has 0 unspecified atom stereocenters. The van der Waals surface area contributed by atoms with Crippen LogP contribution in [-0.2, 0) is 6.42 Å². The molecule has 32 heavy (non-hydrogen) atoms. The SMILES string of the molecule is CCc1[nH]c2nc(Sc3cc(C(=O)O)c4ncccc4c3)nc(N3CC[C@@H](N)C3)c2c1Cl. The van der Waals surface area contributed by atoms with Crippen molar-refractivity contribution in [2.75, 3.05) is 18.0 Å². The molecule has 1 aliphatic heterocycles. The van der Waals surface area contributed by atoms with E-state index in [4.69, 9.17) is 27.3 Å². The minimum atomic E-state index is -1.02. The Morgan fingerprint density at radius 3 is 2.97 bits per heavy atom. The standard InChI is InChI=1S/C22H21ClN6O2S/c1-2-15-17(23)16-19(26-15)27-22(28-20(16)29-7-5-12(24)10-29)32-13-8-11-4-3-6-25-18(11)14(9-13)21(30)31/h3-4,6,8-9,12H,2,5,7,10,24H2,1H3,(H,30,31)(H,26,27,28)/t12-/m1/s1. The molecule has 0 spiro atoms. The first kappa shape index (κ1) is 21.0. The van der Waals surface area contributed by atoms with Crippen molar-refractivity contribution in [3.8, 4) is 0 Å². The average Bonchev–Trinajstić information content (AvgIpc) is 3.35. The molecule has 3 aromatic heterocycles. The third kappa shape index (κ3) is 3.66. The number of hydrogen-bond acceptors (Lipinski definition) is 7. The van der Waals surface area contributed by atoms with Crippen molar-refractivity contribution in [1.82, 2.24) is 19.9 Å². The number of hydrogen-bond donors (Lipinski definition) is 3. The molecular formula is C22H21ClN6O2S. The van der Waals surface area contributed by atoms with E-state index in [1.165, 1.54) is 11.8 Å². The van der Waals surface area contributed by atoms with Gasteiger partial charge in [-0.2, -0.15) is 0 Å². The first-order valence-electron chi connectivity index (χ1n) is 10.3. The maximum Gasteiger partial charge on any atom is 0.337 e. The number of pyridine rings is 1. The van der Waals surface area contributed by atoms with Gasteiger partial charge in [-0.25, -0.2) is 14.8 Å². The Morgan fingerprint density at radius 2 is 2.25 bits per heavy atom. The van der Waals surface area contributed by atoms with Gasteiger partial charge in [0.1, 0.15) is 11.5 Å². The quantitative estimate of drug-likeness (QED) is 0.374. The Labute approximate surface area is 193 Å². The molecule has 1 aliphatic rings. The number of aryl methyl sites for hydroxylation is 1. The number of carboxylic acid groups (broad SMARTS) is 1. The summed E-state index contributed by atoms with van der Waals surface area (Å²) in [6, 6.07) is 7.23. The molecular weight excluding hydrogens is 448 g/mol. The number of aromatic carboxylic acids is 1. The lowest BCUT2D eigenvalue weighted by Gasteiger charge is -2.18. The Hall–Kier alpha value is -2.88. The fourth-order valence-electron chi connectivity index (χ4n) is 4.06. The first-order valence-corrected chi connectivity index (χ1v) is 11.5. The van der Waals surface area contributed by atoms with Gasteiger partial charge in [0, 0.05) is 41.3 Å². The number of aromatic nitrogens is 4. The Bertz CT molecular complexity index is 1360. The fraction of sp³-hybridized carbons (Fsp3) is 0.273. The number of halogens is 1. The van der Waals surface area contributed by atoms with Gasteiger partial charge in [0.25, 0.3) is 0 Å². The van der Waals surface area contributed by atoms with Crippen LogP contribution in [0.3, 0.4) is 0 Å². The van der Waals surface area contributed by atoms with Crippen molar-refractivity contribution < 1.29 is 9.90 Å². The van der Waals surface area contributed by atoms with Crippen LogP contribution in [0.1, 0.15) is 29.4 Å². The zero-order chi connectivity index (χ0) is 22.4. The molecule has 0 radical (unpaired) electrons. The molecule has 8 nitrogen and oxygen atoms in total. The van der Waals surface area contributed by atoms with Crippen LogP contribution in [-0.4, -0.2) is 50.1 Å². The van der Waals surface area contributed by atoms with Crippen molar-refractivity contribution in [2.45, 2.75) is 35.9 Å². The third-order valence-electron chi connectivity index (χ3n) is 5.62. The molecule has 164 valence electrons. The molecule has 4 heterocycles. The average molecular weight is 469 g/mol. The van der Waals surface area contributed by atoms with E-state index in [0.717, 1.165) is 46.6 Å². The second-order valence-electron chi connectivity index (χ2n) is 7.77. The van der Waals surface area contributed by atoms with Crippen LogP contribution in [0, 0.1) is 0 Å². The highest BCUT2D eigenvalue weighted by Gasteiger charge is 2.26. The largest absolute Gasteiger partial charge is 0.478 e. The van der Waals surface area contributed by atoms with Gasteiger partial charge in [0.05, 0.1) is 21.5 Å². The van der Waals surface area contributed by atoms with E-state index >= 15 is 0 Å². The molecule has 0 amide bonds. The zero-order valence-electron chi connectivity index (χ0n) is 17.3. The molecule has 0 bridgehead atoms. The van der Waals surface area contributed by atoms with E-state index < -0.39 is 5.97 Å². The van der Waals surface area contributed by atoms with Crippen molar-refractivity contribution in [3.05, 3.63) is 46.7 Å². The lowest BCUT2D eigenvalue weighted by molar-refractivity contribution is 0.0698. The smallest absolute Gasteiger partial charge is 0.337 e. The topological polar surface area (TPSA) is 121 Å². The summed E-state index contributed by atoms with van der Waals surface area (Å²) in [7, 11) is 0. The number of carbonyl (C=O) groups is 1. The summed E-state index contributed by atoms with van der Waals surface area (Å²) in [5, 5.41) is 12.4. The molecule has 1 atom stereocenters. The van der Waals surface area contributed by atoms with Crippen molar-refractivity contribution in [2.24, 2.45) is 5.73 Å². The maximum absolute atomic E-state index is 11.8. The minimum absolute atomic E-state index is 0.0885. The molecule has 4 N–H and O–H groups in total. The van der Waals surface area contributed by atoms with Crippen molar-refractivity contribution in [1.29, 1.82) is 0 Å². The highest BCUT2D eigenvalue weighted by atomic mass is 35.5. The van der Waals surface area contributed by atoms with Gasteiger partial charge >= 0.3 is 5.97 Å². The number of fused-ring (bicyclic) bond motifs is 2. The molecule has 4 aromatic rings. The van der Waals surface area contributed by atoms with Gasteiger partial charge < -0.3 is 20.7 Å². The van der Waals surface area contributed by atoms with E-state index in [9.17, 15) is 9.90 Å². The highest BCUT2D eigenvalue weighted by molar-refractivity contribution is 7.99. The van der Waals surface area contributed by atoms with Crippen LogP contribution in [0.25, 0.3) is 21.9 Å². The van der Waals surface area contributed by atoms with E-state index in [2.05, 4.69) is 14.9 Å². The number of anilines is 1. The second-order valence-corrected chi connectivity index (χ2v) is 9.19. The monoisotopic (exact) mass is 468 g/mol. The third-order valence-corrected chi connectivity index (χ3v) is 6.87. The number of nitrogens with one attached hydrogen (secondary N) is 1. The molecule has 1 fully saturated rings. The van der Waals surface area contributed by atoms with Gasteiger partial charge in [-0.3, -0.25) is 4.98 Å². The van der Waals surface area contributed by atoms with E-state index in [1.54, 1.807) is 18.3 Å². The molecule has 1 aromatic carbocycles. The van der Waals surface area contributed by atoms with Crippen LogP contribution in [0.15, 0.2) is 40.5 Å². The van der Waals surface area contributed by atoms with Gasteiger partial charge in [-0.15, -0.1) is 0 Å². The predicted octanol–water partition coefficient (Wildman–Crippen LogP) is 4.11. The van der Waals surface area contributed by atoms with Gasteiger partial charge in [0.2, 0.25) is 0 Å². The fourth-order valence-corrected chi connectivity index (χ4v) is 5.26. The predicted molar refractivity (Wildman–Crippen MR) is 126 cm³/mol. The van der Waals surface area contributed by atoms with Gasteiger partial charge in [-0.05, 0) is 42.8 Å². The normalized spacial score (nSPS) is 16.3. The number of carboxylic acids is 1. The van der Waals surface area contributed by atoms with Crippen LogP contribution < -0.4 is 10.6 Å². The van der Waals surface area contributed by atoms with E-state index in [1.807, 2.05) is 19.1 Å². The van der Waals surface area contributed by atoms with E-state index in [-0.39, 0.29) is 11.6 Å². The second kappa shape index (κ2) is 8.23. The van der Waals surface area contributed by atoms with Crippen LogP contribution >= 0.6 is 23.4 Å². The molecule has 0 saturated carbocycles. The molecule has 1 saturated heterocycles. The summed E-state index contributed by atoms with van der Waals surface area (Å²) in [6.45, 7) is 3.52. The maximum atomic E-state index is 11.8. The Balaban J connectivity index is 1.63. The molecule has 10 heteroatoms. The first-order chi connectivity index (χ1) is 15.4. The number of H-pyrrole nitrogens is 1. The lowest BCUT2D eigenvalue weighted by Crippen LogP contribution is -2.27. The summed E-state index contributed by atoms with van der Waals surface area (Å²) < 4.78 is 0. The summed E-state index contributed by atoms with van der Waals surface area (Å²) in [5.74, 6) is -0.268. The Morgan fingerprint density at radius 1 is 1.41 bits per heavy atom. The summed E-state index contributed by atoms with van der Waals surface area (Å²) in [4.78, 5) is 31.7. The zero-order valence-corrected chi connectivity index (χ0v) is 18.9. The van der Waals surface area contributed by atoms with Crippen LogP contribution in [0.2, 0.25) is 5.02 Å². The number of rotatable bonds is 5. The van der Waals surface area contributed by atoms with Gasteiger partial charge in [-0.1, -0.05) is 24.6 Å². The number of nitrogens with zero attached hydrogens (tertiary/aromatic N) is 4. The number of benzene rings is 1. The van der Waals surface area contributed by atoms with E-state index in [0.29, 0.717) is 27.9 Å². The lowest BCUT2D eigenvalue weighted by atomic mass is 10.1. The summed E-state index contributed by atoms with van der Waals surface area (Å²) in [6.07, 6.45) is 3.22. The summed E-state index contributed by atoms with van der Waals surface area (Å²) >= 11 is 7.97.